The number of nitrogens with zero attached hydrogens (tertiary/aromatic N) is 2. The first-order valence-corrected chi connectivity index (χ1v) is 6.73. The van der Waals surface area contributed by atoms with Crippen LogP contribution in [0.5, 0.6) is 0 Å². The average molecular weight is 285 g/mol. The second-order valence-corrected chi connectivity index (χ2v) is 5.70. The quantitative estimate of drug-likeness (QED) is 0.911. The van der Waals surface area contributed by atoms with Crippen LogP contribution < -0.4 is 5.32 Å². The van der Waals surface area contributed by atoms with Crippen LogP contribution in [-0.4, -0.2) is 21.7 Å². The van der Waals surface area contributed by atoms with Gasteiger partial charge in [-0.15, -0.1) is 0 Å². The van der Waals surface area contributed by atoms with Crippen molar-refractivity contribution < 1.29 is 9.53 Å². The molecule has 0 spiro atoms. The molecular formula is C16H19N3O2. The molecule has 0 fully saturated rings. The maximum Gasteiger partial charge on any atom is 0.412 e. The SMILES string of the molecule is Cc1nccc(-c2cccc(NC(=O)OC(C)(C)C)c2)n1. The second kappa shape index (κ2) is 5.91. The van der Waals surface area contributed by atoms with Gasteiger partial charge >= 0.3 is 6.09 Å². The average Bonchev–Trinajstić information content (AvgIpc) is 2.36. The first-order chi connectivity index (χ1) is 9.83. The number of ether oxygens (including phenoxy) is 1. The molecule has 0 saturated heterocycles. The third-order valence-electron chi connectivity index (χ3n) is 2.58. The number of carbonyl (C=O) groups excluding carboxylic acids is 1. The maximum atomic E-state index is 11.8. The van der Waals surface area contributed by atoms with Crippen LogP contribution in [0.25, 0.3) is 11.3 Å². The topological polar surface area (TPSA) is 64.1 Å². The molecule has 0 radical (unpaired) electrons. The molecule has 110 valence electrons. The van der Waals surface area contributed by atoms with E-state index in [0.717, 1.165) is 11.3 Å². The molecule has 0 bridgehead atoms. The fourth-order valence-corrected chi connectivity index (χ4v) is 1.79. The van der Waals surface area contributed by atoms with Crippen molar-refractivity contribution in [3.05, 3.63) is 42.4 Å². The molecule has 1 amide bonds. The minimum Gasteiger partial charge on any atom is -0.444 e. The number of hydrogen-bond acceptors (Lipinski definition) is 4. The van der Waals surface area contributed by atoms with Gasteiger partial charge in [0, 0.05) is 17.4 Å². The van der Waals surface area contributed by atoms with Gasteiger partial charge in [0.05, 0.1) is 5.69 Å². The van der Waals surface area contributed by atoms with E-state index in [4.69, 9.17) is 4.74 Å². The molecule has 21 heavy (non-hydrogen) atoms. The number of benzene rings is 1. The Morgan fingerprint density at radius 1 is 1.24 bits per heavy atom. The van der Waals surface area contributed by atoms with Gasteiger partial charge < -0.3 is 4.74 Å². The summed E-state index contributed by atoms with van der Waals surface area (Å²) in [6, 6.07) is 9.29. The highest BCUT2D eigenvalue weighted by atomic mass is 16.6. The third-order valence-corrected chi connectivity index (χ3v) is 2.58. The molecular weight excluding hydrogens is 266 g/mol. The Labute approximate surface area is 124 Å². The summed E-state index contributed by atoms with van der Waals surface area (Å²) in [6.45, 7) is 7.32. The minimum atomic E-state index is -0.522. The molecule has 0 aliphatic carbocycles. The fourth-order valence-electron chi connectivity index (χ4n) is 1.79. The Morgan fingerprint density at radius 2 is 2.00 bits per heavy atom. The lowest BCUT2D eigenvalue weighted by atomic mass is 10.1. The molecule has 1 aromatic carbocycles. The zero-order valence-electron chi connectivity index (χ0n) is 12.7. The standard InChI is InChI=1S/C16H19N3O2/c1-11-17-9-8-14(18-11)12-6-5-7-13(10-12)19-15(20)21-16(2,3)4/h5-10H,1-4H3,(H,19,20). The molecule has 0 unspecified atom stereocenters. The number of nitrogens with one attached hydrogen (secondary N) is 1. The summed E-state index contributed by atoms with van der Waals surface area (Å²) in [7, 11) is 0. The smallest absolute Gasteiger partial charge is 0.412 e. The lowest BCUT2D eigenvalue weighted by Crippen LogP contribution is -2.27. The van der Waals surface area contributed by atoms with Crippen LogP contribution >= 0.6 is 0 Å². The largest absolute Gasteiger partial charge is 0.444 e. The first-order valence-electron chi connectivity index (χ1n) is 6.73. The maximum absolute atomic E-state index is 11.8. The molecule has 0 atom stereocenters. The van der Waals surface area contributed by atoms with Crippen LogP contribution in [-0.2, 0) is 4.74 Å². The Morgan fingerprint density at radius 3 is 2.67 bits per heavy atom. The molecule has 5 nitrogen and oxygen atoms in total. The van der Waals surface area contributed by atoms with Gasteiger partial charge in [0.25, 0.3) is 0 Å². The van der Waals surface area contributed by atoms with Crippen LogP contribution in [0.1, 0.15) is 26.6 Å². The van der Waals surface area contributed by atoms with E-state index in [1.165, 1.54) is 0 Å². The summed E-state index contributed by atoms with van der Waals surface area (Å²) in [5.41, 5.74) is 1.87. The van der Waals surface area contributed by atoms with Crippen LogP contribution in [0, 0.1) is 6.92 Å². The van der Waals surface area contributed by atoms with Crippen LogP contribution in [0.15, 0.2) is 36.5 Å². The summed E-state index contributed by atoms with van der Waals surface area (Å²) in [5.74, 6) is 0.706. The number of carbonyl (C=O) groups is 1. The van der Waals surface area contributed by atoms with Crippen molar-refractivity contribution in [1.82, 2.24) is 9.97 Å². The number of aromatic nitrogens is 2. The molecule has 0 aliphatic rings. The molecule has 5 heteroatoms. The monoisotopic (exact) mass is 285 g/mol. The van der Waals surface area contributed by atoms with Crippen molar-refractivity contribution in [3.8, 4) is 11.3 Å². The minimum absolute atomic E-state index is 0.474. The molecule has 1 N–H and O–H groups in total. The second-order valence-electron chi connectivity index (χ2n) is 5.70. The molecule has 1 heterocycles. The zero-order chi connectivity index (χ0) is 15.5. The van der Waals surface area contributed by atoms with Gasteiger partial charge in [-0.1, -0.05) is 12.1 Å². The third kappa shape index (κ3) is 4.56. The van der Waals surface area contributed by atoms with Crippen molar-refractivity contribution >= 4 is 11.8 Å². The first kappa shape index (κ1) is 15.0. The molecule has 0 aliphatic heterocycles. The van der Waals surface area contributed by atoms with E-state index in [0.29, 0.717) is 11.5 Å². The number of amides is 1. The molecule has 1 aromatic heterocycles. The molecule has 0 saturated carbocycles. The fraction of sp³-hybridized carbons (Fsp3) is 0.312. The summed E-state index contributed by atoms with van der Waals surface area (Å²) in [6.07, 6.45) is 1.24. The van der Waals surface area contributed by atoms with E-state index < -0.39 is 11.7 Å². The van der Waals surface area contributed by atoms with E-state index in [2.05, 4.69) is 15.3 Å². The van der Waals surface area contributed by atoms with Gasteiger partial charge in [0.15, 0.2) is 0 Å². The highest BCUT2D eigenvalue weighted by molar-refractivity contribution is 5.86. The Kier molecular flexibility index (Phi) is 4.21. The van der Waals surface area contributed by atoms with E-state index >= 15 is 0 Å². The Bertz CT molecular complexity index is 648. The normalized spacial score (nSPS) is 11.0. The van der Waals surface area contributed by atoms with E-state index in [1.54, 1.807) is 6.20 Å². The van der Waals surface area contributed by atoms with E-state index in [1.807, 2.05) is 58.0 Å². The summed E-state index contributed by atoms with van der Waals surface area (Å²) < 4.78 is 5.23. The Balaban J connectivity index is 2.17. The summed E-state index contributed by atoms with van der Waals surface area (Å²) in [4.78, 5) is 20.2. The molecule has 2 rings (SSSR count). The van der Waals surface area contributed by atoms with Gasteiger partial charge in [0.2, 0.25) is 0 Å². The lowest BCUT2D eigenvalue weighted by molar-refractivity contribution is 0.0636. The number of aryl methyl sites for hydroxylation is 1. The van der Waals surface area contributed by atoms with Crippen molar-refractivity contribution in [2.75, 3.05) is 5.32 Å². The van der Waals surface area contributed by atoms with Crippen molar-refractivity contribution in [1.29, 1.82) is 0 Å². The van der Waals surface area contributed by atoms with Crippen LogP contribution in [0.2, 0.25) is 0 Å². The number of anilines is 1. The highest BCUT2D eigenvalue weighted by Crippen LogP contribution is 2.21. The van der Waals surface area contributed by atoms with Gasteiger partial charge in [-0.2, -0.15) is 0 Å². The van der Waals surface area contributed by atoms with Crippen LogP contribution in [0.3, 0.4) is 0 Å². The van der Waals surface area contributed by atoms with Gasteiger partial charge in [-0.05, 0) is 45.9 Å². The zero-order valence-corrected chi connectivity index (χ0v) is 12.7. The van der Waals surface area contributed by atoms with E-state index in [-0.39, 0.29) is 0 Å². The summed E-state index contributed by atoms with van der Waals surface area (Å²) >= 11 is 0. The highest BCUT2D eigenvalue weighted by Gasteiger charge is 2.16. The van der Waals surface area contributed by atoms with Gasteiger partial charge in [-0.25, -0.2) is 14.8 Å². The Hall–Kier alpha value is -2.43. The predicted molar refractivity (Wildman–Crippen MR) is 82.1 cm³/mol. The lowest BCUT2D eigenvalue weighted by Gasteiger charge is -2.19. The van der Waals surface area contributed by atoms with Gasteiger partial charge in [0.1, 0.15) is 11.4 Å². The van der Waals surface area contributed by atoms with Crippen molar-refractivity contribution in [2.45, 2.75) is 33.3 Å². The van der Waals surface area contributed by atoms with Gasteiger partial charge in [-0.3, -0.25) is 5.32 Å². The molecule has 2 aromatic rings. The number of hydrogen-bond donors (Lipinski definition) is 1. The van der Waals surface area contributed by atoms with E-state index in [9.17, 15) is 4.79 Å². The number of rotatable bonds is 2. The summed E-state index contributed by atoms with van der Waals surface area (Å²) in [5, 5.41) is 2.72. The van der Waals surface area contributed by atoms with Crippen molar-refractivity contribution in [3.63, 3.8) is 0 Å². The predicted octanol–water partition coefficient (Wildman–Crippen LogP) is 3.80. The van der Waals surface area contributed by atoms with Crippen LogP contribution in [0.4, 0.5) is 10.5 Å². The van der Waals surface area contributed by atoms with Crippen molar-refractivity contribution in [2.24, 2.45) is 0 Å².